The van der Waals surface area contributed by atoms with Gasteiger partial charge in [-0.25, -0.2) is 0 Å². The summed E-state index contributed by atoms with van der Waals surface area (Å²) in [5.74, 6) is -1.02. The summed E-state index contributed by atoms with van der Waals surface area (Å²) >= 11 is 0. The zero-order valence-electron chi connectivity index (χ0n) is 23.1. The largest absolute Gasteiger partial charge is 0.502 e. The summed E-state index contributed by atoms with van der Waals surface area (Å²) in [5.41, 5.74) is 2.01. The summed E-state index contributed by atoms with van der Waals surface area (Å²) in [7, 11) is 2.86. The van der Waals surface area contributed by atoms with Gasteiger partial charge in [-0.2, -0.15) is 0 Å². The predicted octanol–water partition coefficient (Wildman–Crippen LogP) is 1.34. The highest BCUT2D eigenvalue weighted by atomic mass is 16.8. The molecular formula is C29H32O13. The number of methoxy groups -OCH3 is 2. The van der Waals surface area contributed by atoms with Crippen LogP contribution in [0.4, 0.5) is 0 Å². The van der Waals surface area contributed by atoms with E-state index in [1.807, 2.05) is 0 Å². The number of cyclic esters (lactones) is 1. The normalized spacial score (nSPS) is 36.5. The Morgan fingerprint density at radius 3 is 2.26 bits per heavy atom. The number of benzene rings is 2. The molecule has 1 aliphatic carbocycles. The van der Waals surface area contributed by atoms with E-state index in [0.29, 0.717) is 28.2 Å². The van der Waals surface area contributed by atoms with E-state index in [0.717, 1.165) is 0 Å². The second-order valence-electron chi connectivity index (χ2n) is 11.0. The van der Waals surface area contributed by atoms with Crippen LogP contribution in [0.3, 0.4) is 0 Å². The van der Waals surface area contributed by atoms with Gasteiger partial charge in [0.15, 0.2) is 35.6 Å². The maximum atomic E-state index is 13.4. The molecular weight excluding hydrogens is 556 g/mol. The van der Waals surface area contributed by atoms with Crippen LogP contribution >= 0.6 is 0 Å². The Balaban J connectivity index is 1.32. The van der Waals surface area contributed by atoms with Crippen LogP contribution in [0.1, 0.15) is 35.6 Å². The highest BCUT2D eigenvalue weighted by molar-refractivity contribution is 5.79. The van der Waals surface area contributed by atoms with E-state index in [4.69, 9.17) is 42.6 Å². The lowest BCUT2D eigenvalue weighted by atomic mass is 9.66. The molecule has 2 aromatic rings. The van der Waals surface area contributed by atoms with E-state index in [2.05, 4.69) is 0 Å². The maximum Gasteiger partial charge on any atom is 0.310 e. The fraction of sp³-hybridized carbons (Fsp3) is 0.552. The number of aliphatic hydroxyl groups is 2. The lowest BCUT2D eigenvalue weighted by molar-refractivity contribution is -0.364. The first-order chi connectivity index (χ1) is 20.3. The molecule has 13 nitrogen and oxygen atoms in total. The van der Waals surface area contributed by atoms with Crippen molar-refractivity contribution in [2.75, 3.05) is 34.2 Å². The molecule has 3 fully saturated rings. The molecule has 42 heavy (non-hydrogen) atoms. The molecule has 4 aliphatic heterocycles. The van der Waals surface area contributed by atoms with Crippen molar-refractivity contribution in [3.63, 3.8) is 0 Å². The zero-order valence-corrected chi connectivity index (χ0v) is 23.1. The van der Waals surface area contributed by atoms with E-state index >= 15 is 0 Å². The summed E-state index contributed by atoms with van der Waals surface area (Å²) in [5, 5.41) is 32.5. The van der Waals surface area contributed by atoms with E-state index in [9.17, 15) is 20.1 Å². The smallest absolute Gasteiger partial charge is 0.310 e. The zero-order chi connectivity index (χ0) is 29.3. The van der Waals surface area contributed by atoms with Crippen molar-refractivity contribution >= 4 is 5.97 Å². The predicted molar refractivity (Wildman–Crippen MR) is 138 cm³/mol. The van der Waals surface area contributed by atoms with Crippen LogP contribution in [0.15, 0.2) is 24.3 Å². The van der Waals surface area contributed by atoms with Crippen molar-refractivity contribution in [3.05, 3.63) is 41.0 Å². The van der Waals surface area contributed by atoms with Crippen molar-refractivity contribution in [2.24, 2.45) is 11.8 Å². The summed E-state index contributed by atoms with van der Waals surface area (Å²) < 4.78 is 51.5. The van der Waals surface area contributed by atoms with Crippen LogP contribution in [0, 0.1) is 11.8 Å². The van der Waals surface area contributed by atoms with Crippen molar-refractivity contribution < 1.29 is 62.7 Å². The molecule has 3 saturated heterocycles. The second-order valence-corrected chi connectivity index (χ2v) is 11.0. The van der Waals surface area contributed by atoms with Crippen LogP contribution in [-0.4, -0.2) is 92.5 Å². The van der Waals surface area contributed by atoms with Gasteiger partial charge in [0, 0.05) is 11.8 Å². The number of carbonyl (C=O) groups is 1. The van der Waals surface area contributed by atoms with Crippen molar-refractivity contribution in [1.29, 1.82) is 0 Å². The number of rotatable bonds is 5. The third-order valence-corrected chi connectivity index (χ3v) is 8.75. The van der Waals surface area contributed by atoms with E-state index in [-0.39, 0.29) is 37.3 Å². The number of aromatic hydroxyl groups is 1. The van der Waals surface area contributed by atoms with Gasteiger partial charge in [0.1, 0.15) is 24.4 Å². The second kappa shape index (κ2) is 10.4. The molecule has 0 spiro atoms. The van der Waals surface area contributed by atoms with E-state index in [1.54, 1.807) is 31.2 Å². The Kier molecular flexibility index (Phi) is 6.83. The highest BCUT2D eigenvalue weighted by Gasteiger charge is 2.56. The number of hydrogen-bond acceptors (Lipinski definition) is 13. The molecule has 4 heterocycles. The number of esters is 1. The molecule has 0 amide bonds. The molecule has 13 heteroatoms. The van der Waals surface area contributed by atoms with Crippen molar-refractivity contribution in [2.45, 2.75) is 55.9 Å². The molecule has 7 rings (SSSR count). The number of carbonyl (C=O) groups excluding carboxylic acids is 1. The Hall–Kier alpha value is -3.33. The summed E-state index contributed by atoms with van der Waals surface area (Å²) in [6.45, 7) is 1.93. The van der Waals surface area contributed by atoms with E-state index < -0.39 is 66.8 Å². The number of phenolic OH excluding ortho intramolecular Hbond substituents is 1. The maximum absolute atomic E-state index is 13.4. The Bertz CT molecular complexity index is 1350. The lowest BCUT2D eigenvalue weighted by Crippen LogP contribution is -2.63. The Morgan fingerprint density at radius 1 is 0.881 bits per heavy atom. The highest BCUT2D eigenvalue weighted by Crippen LogP contribution is 2.57. The Labute approximate surface area is 240 Å². The van der Waals surface area contributed by atoms with Gasteiger partial charge in [-0.1, -0.05) is 0 Å². The molecule has 0 saturated carbocycles. The fourth-order valence-corrected chi connectivity index (χ4v) is 6.74. The average Bonchev–Trinajstić information content (AvgIpc) is 3.61. The first-order valence-electron chi connectivity index (χ1n) is 13.8. The minimum Gasteiger partial charge on any atom is -0.502 e. The fourth-order valence-electron chi connectivity index (χ4n) is 6.74. The molecule has 0 radical (unpaired) electrons. The molecule has 3 N–H and O–H groups in total. The summed E-state index contributed by atoms with van der Waals surface area (Å²) in [6, 6.07) is 6.93. The number of aliphatic hydroxyl groups excluding tert-OH is 2. The minimum absolute atomic E-state index is 0.0301. The third-order valence-electron chi connectivity index (χ3n) is 8.75. The van der Waals surface area contributed by atoms with Crippen LogP contribution in [0.25, 0.3) is 0 Å². The van der Waals surface area contributed by atoms with Crippen LogP contribution in [-0.2, 0) is 28.5 Å². The van der Waals surface area contributed by atoms with Gasteiger partial charge >= 0.3 is 5.97 Å². The van der Waals surface area contributed by atoms with Gasteiger partial charge in [0.2, 0.25) is 12.5 Å². The van der Waals surface area contributed by atoms with Crippen LogP contribution in [0.5, 0.6) is 28.7 Å². The van der Waals surface area contributed by atoms with Gasteiger partial charge in [-0.15, -0.1) is 0 Å². The number of ether oxygens (including phenoxy) is 9. The number of phenols is 1. The Morgan fingerprint density at radius 2 is 1.57 bits per heavy atom. The van der Waals surface area contributed by atoms with Gasteiger partial charge in [0.05, 0.1) is 39.5 Å². The number of fused-ring (bicyclic) bond motifs is 4. The summed E-state index contributed by atoms with van der Waals surface area (Å²) in [6.07, 6.45) is -6.80. The first kappa shape index (κ1) is 27.5. The third kappa shape index (κ3) is 4.26. The first-order valence-corrected chi connectivity index (χ1v) is 13.8. The van der Waals surface area contributed by atoms with Gasteiger partial charge < -0.3 is 58.0 Å². The molecule has 5 aliphatic rings. The van der Waals surface area contributed by atoms with Crippen LogP contribution < -0.4 is 18.9 Å². The van der Waals surface area contributed by atoms with E-state index in [1.165, 1.54) is 14.2 Å². The average molecular weight is 589 g/mol. The molecule has 10 atom stereocenters. The van der Waals surface area contributed by atoms with Gasteiger partial charge in [0.25, 0.3) is 0 Å². The minimum atomic E-state index is -1.44. The molecule has 226 valence electrons. The topological polar surface area (TPSA) is 161 Å². The van der Waals surface area contributed by atoms with Gasteiger partial charge in [-0.3, -0.25) is 4.79 Å². The van der Waals surface area contributed by atoms with Crippen molar-refractivity contribution in [3.8, 4) is 28.7 Å². The van der Waals surface area contributed by atoms with Gasteiger partial charge in [-0.05, 0) is 47.9 Å². The monoisotopic (exact) mass is 588 g/mol. The molecule has 0 unspecified atom stereocenters. The summed E-state index contributed by atoms with van der Waals surface area (Å²) in [4.78, 5) is 13.4. The number of hydrogen-bond donors (Lipinski definition) is 3. The van der Waals surface area contributed by atoms with Crippen molar-refractivity contribution in [1.82, 2.24) is 0 Å². The lowest BCUT2D eigenvalue weighted by Gasteiger charge is -2.47. The molecule has 0 bridgehead atoms. The standard InChI is InChI=1S/C29H32O13/c1-11-36-9-20-27(40-11)24(31)25(32)29(41-20)42-26-14-7-17-16(38-10-39-17)6-13(14)21(22-15(26)8-37-28(22)33)12-4-18(34-2)23(30)19(5-12)35-3/h4-7,11,15,20-22,24-27,29-32H,8-10H2,1-3H3/t11-,15+,20-,21-,22+,24-,25-,26+,27-,29-/m1/s1. The molecule has 2 aromatic carbocycles. The SMILES string of the molecule is COc1cc([C@@H]2c3cc4c(cc3[C@H](O[C@H]3O[C@@H]5CO[C@@H](C)O[C@H]5[C@H](O)[C@H]3O)[C@H]3COC(=O)[C@H]23)OCO4)cc(OC)c1O. The molecule has 0 aromatic heterocycles. The van der Waals surface area contributed by atoms with Crippen LogP contribution in [0.2, 0.25) is 0 Å². The quantitative estimate of drug-likeness (QED) is 0.430.